The van der Waals surface area contributed by atoms with Gasteiger partial charge in [-0.25, -0.2) is 0 Å². The van der Waals surface area contributed by atoms with Gasteiger partial charge in [-0.15, -0.1) is 0 Å². The van der Waals surface area contributed by atoms with E-state index >= 15 is 0 Å². The van der Waals surface area contributed by atoms with Crippen LogP contribution in [0.5, 0.6) is 11.5 Å². The zero-order valence-corrected chi connectivity index (χ0v) is 10.7. The van der Waals surface area contributed by atoms with E-state index in [1.165, 1.54) is 0 Å². The molecule has 0 radical (unpaired) electrons. The number of hydrogen-bond acceptors (Lipinski definition) is 5. The summed E-state index contributed by atoms with van der Waals surface area (Å²) in [7, 11) is 3.10. The van der Waals surface area contributed by atoms with Crippen molar-refractivity contribution < 1.29 is 19.0 Å². The number of amides is 1. The van der Waals surface area contributed by atoms with Crippen molar-refractivity contribution in [1.82, 2.24) is 5.32 Å². The summed E-state index contributed by atoms with van der Waals surface area (Å²) < 4.78 is 15.4. The van der Waals surface area contributed by atoms with Gasteiger partial charge in [0.25, 0.3) is 11.1 Å². The van der Waals surface area contributed by atoms with E-state index in [2.05, 4.69) is 5.32 Å². The zero-order valence-electron chi connectivity index (χ0n) is 9.85. The Morgan fingerprint density at radius 2 is 2.00 bits per heavy atom. The molecule has 6 heteroatoms. The van der Waals surface area contributed by atoms with Crippen LogP contribution in [0.4, 0.5) is 0 Å². The molecule has 1 saturated heterocycles. The Hall–Kier alpha value is -2.08. The lowest BCUT2D eigenvalue weighted by molar-refractivity contribution is -0.116. The quantitative estimate of drug-likeness (QED) is 0.662. The Morgan fingerprint density at radius 1 is 1.28 bits per heavy atom. The standard InChI is InChI=1S/C12H11NO4S/c1-15-8-4-3-7(5-9(8)16-2)6-10-11(14)13-12(18)17-10/h3-6H,1-2H3,(H,13,14,18)/b10-6-. The lowest BCUT2D eigenvalue weighted by atomic mass is 10.1. The fourth-order valence-corrected chi connectivity index (χ4v) is 1.70. The molecular formula is C12H11NO4S. The van der Waals surface area contributed by atoms with Gasteiger partial charge in [0.1, 0.15) is 0 Å². The maximum absolute atomic E-state index is 11.4. The van der Waals surface area contributed by atoms with Crippen LogP contribution in [0, 0.1) is 0 Å². The van der Waals surface area contributed by atoms with Crippen molar-refractivity contribution in [2.45, 2.75) is 0 Å². The molecular weight excluding hydrogens is 254 g/mol. The summed E-state index contributed by atoms with van der Waals surface area (Å²) in [5, 5.41) is 2.45. The average Bonchev–Trinajstić information content (AvgIpc) is 2.67. The molecule has 1 N–H and O–H groups in total. The summed E-state index contributed by atoms with van der Waals surface area (Å²) in [6.07, 6.45) is 1.58. The van der Waals surface area contributed by atoms with Crippen molar-refractivity contribution in [3.63, 3.8) is 0 Å². The summed E-state index contributed by atoms with van der Waals surface area (Å²) in [4.78, 5) is 11.4. The Kier molecular flexibility index (Phi) is 3.47. The van der Waals surface area contributed by atoms with E-state index in [1.807, 2.05) is 0 Å². The van der Waals surface area contributed by atoms with E-state index in [-0.39, 0.29) is 16.8 Å². The summed E-state index contributed by atoms with van der Waals surface area (Å²) in [6.45, 7) is 0. The van der Waals surface area contributed by atoms with Gasteiger partial charge in [0.05, 0.1) is 14.2 Å². The lowest BCUT2D eigenvalue weighted by Crippen LogP contribution is -2.18. The maximum Gasteiger partial charge on any atom is 0.294 e. The number of rotatable bonds is 3. The van der Waals surface area contributed by atoms with E-state index in [0.29, 0.717) is 11.5 Å². The van der Waals surface area contributed by atoms with Gasteiger partial charge in [-0.2, -0.15) is 0 Å². The van der Waals surface area contributed by atoms with E-state index in [4.69, 9.17) is 26.4 Å². The Balaban J connectivity index is 2.32. The predicted molar refractivity (Wildman–Crippen MR) is 69.3 cm³/mol. The minimum atomic E-state index is -0.352. The van der Waals surface area contributed by atoms with Crippen molar-refractivity contribution in [2.24, 2.45) is 0 Å². The minimum absolute atomic E-state index is 0.0618. The molecule has 0 bridgehead atoms. The molecule has 0 atom stereocenters. The Labute approximate surface area is 109 Å². The maximum atomic E-state index is 11.4. The van der Waals surface area contributed by atoms with Gasteiger partial charge in [-0.3, -0.25) is 10.1 Å². The van der Waals surface area contributed by atoms with Gasteiger partial charge in [0.2, 0.25) is 0 Å². The fourth-order valence-electron chi connectivity index (χ4n) is 1.52. The third kappa shape index (κ3) is 2.43. The molecule has 0 aliphatic carbocycles. The zero-order chi connectivity index (χ0) is 13.1. The first kappa shape index (κ1) is 12.4. The second kappa shape index (κ2) is 5.05. The molecule has 1 aromatic rings. The van der Waals surface area contributed by atoms with Crippen molar-refractivity contribution in [1.29, 1.82) is 0 Å². The highest BCUT2D eigenvalue weighted by molar-refractivity contribution is 7.80. The fraction of sp³-hybridized carbons (Fsp3) is 0.167. The monoisotopic (exact) mass is 265 g/mol. The first-order chi connectivity index (χ1) is 8.63. The van der Waals surface area contributed by atoms with Gasteiger partial charge < -0.3 is 14.2 Å². The first-order valence-electron chi connectivity index (χ1n) is 5.11. The number of hydrogen-bond donors (Lipinski definition) is 1. The van der Waals surface area contributed by atoms with Crippen molar-refractivity contribution in [3.05, 3.63) is 29.5 Å². The van der Waals surface area contributed by atoms with Crippen molar-refractivity contribution in [2.75, 3.05) is 14.2 Å². The summed E-state index contributed by atoms with van der Waals surface area (Å²) in [5.41, 5.74) is 0.752. The smallest absolute Gasteiger partial charge is 0.294 e. The van der Waals surface area contributed by atoms with Crippen molar-refractivity contribution in [3.8, 4) is 11.5 Å². The van der Waals surface area contributed by atoms with E-state index in [1.54, 1.807) is 38.5 Å². The molecule has 5 nitrogen and oxygen atoms in total. The molecule has 18 heavy (non-hydrogen) atoms. The Bertz CT molecular complexity index is 539. The van der Waals surface area contributed by atoms with Gasteiger partial charge in [-0.05, 0) is 36.0 Å². The third-order valence-electron chi connectivity index (χ3n) is 2.35. The van der Waals surface area contributed by atoms with Crippen LogP contribution in [0.25, 0.3) is 6.08 Å². The molecule has 0 aromatic heterocycles. The molecule has 1 aromatic carbocycles. The van der Waals surface area contributed by atoms with Gasteiger partial charge in [-0.1, -0.05) is 6.07 Å². The number of ether oxygens (including phenoxy) is 3. The van der Waals surface area contributed by atoms with E-state index < -0.39 is 0 Å². The van der Waals surface area contributed by atoms with Crippen LogP contribution in [0.15, 0.2) is 24.0 Å². The number of thiocarbonyl (C=S) groups is 1. The van der Waals surface area contributed by atoms with Crippen molar-refractivity contribution >= 4 is 29.4 Å². The largest absolute Gasteiger partial charge is 0.493 e. The molecule has 0 saturated carbocycles. The molecule has 1 heterocycles. The van der Waals surface area contributed by atoms with Gasteiger partial charge >= 0.3 is 0 Å². The van der Waals surface area contributed by atoms with Gasteiger partial charge in [0.15, 0.2) is 17.3 Å². The van der Waals surface area contributed by atoms with Crippen LogP contribution in [0.3, 0.4) is 0 Å². The topological polar surface area (TPSA) is 56.8 Å². The number of nitrogens with one attached hydrogen (secondary N) is 1. The van der Waals surface area contributed by atoms with Gasteiger partial charge in [0, 0.05) is 0 Å². The lowest BCUT2D eigenvalue weighted by Gasteiger charge is -2.07. The number of benzene rings is 1. The highest BCUT2D eigenvalue weighted by atomic mass is 32.1. The number of carbonyl (C=O) groups excluding carboxylic acids is 1. The summed E-state index contributed by atoms with van der Waals surface area (Å²) in [6, 6.07) is 5.27. The van der Waals surface area contributed by atoms with Crippen LogP contribution in [-0.4, -0.2) is 25.3 Å². The minimum Gasteiger partial charge on any atom is -0.493 e. The second-order valence-corrected chi connectivity index (χ2v) is 3.84. The first-order valence-corrected chi connectivity index (χ1v) is 5.51. The molecule has 1 fully saturated rings. The highest BCUT2D eigenvalue weighted by Gasteiger charge is 2.23. The van der Waals surface area contributed by atoms with Crippen LogP contribution in [0.2, 0.25) is 0 Å². The summed E-state index contributed by atoms with van der Waals surface area (Å²) >= 11 is 4.74. The molecule has 0 unspecified atom stereocenters. The molecule has 0 spiro atoms. The van der Waals surface area contributed by atoms with E-state index in [9.17, 15) is 4.79 Å². The highest BCUT2D eigenvalue weighted by Crippen LogP contribution is 2.28. The average molecular weight is 265 g/mol. The predicted octanol–water partition coefficient (Wildman–Crippen LogP) is 1.48. The SMILES string of the molecule is COc1ccc(/C=C2\OC(=S)NC2=O)cc1OC. The van der Waals surface area contributed by atoms with Crippen LogP contribution in [0.1, 0.15) is 5.56 Å². The molecule has 1 aliphatic rings. The number of carbonyl (C=O) groups is 1. The van der Waals surface area contributed by atoms with E-state index in [0.717, 1.165) is 5.56 Å². The molecule has 1 aliphatic heterocycles. The molecule has 1 amide bonds. The third-order valence-corrected chi connectivity index (χ3v) is 2.53. The van der Waals surface area contributed by atoms with Crippen LogP contribution < -0.4 is 14.8 Å². The van der Waals surface area contributed by atoms with Crippen LogP contribution >= 0.6 is 12.2 Å². The Morgan fingerprint density at radius 3 is 2.56 bits per heavy atom. The molecule has 94 valence electrons. The normalized spacial score (nSPS) is 16.4. The van der Waals surface area contributed by atoms with Crippen LogP contribution in [-0.2, 0) is 9.53 Å². The number of methoxy groups -OCH3 is 2. The summed E-state index contributed by atoms with van der Waals surface area (Å²) in [5.74, 6) is 1.00. The molecule has 2 rings (SSSR count). The second-order valence-electron chi connectivity index (χ2n) is 3.47.